The van der Waals surface area contributed by atoms with E-state index in [-0.39, 0.29) is 6.54 Å². The molecule has 0 aliphatic carbocycles. The van der Waals surface area contributed by atoms with Crippen LogP contribution in [0.4, 0.5) is 0 Å². The molecule has 27 heavy (non-hydrogen) atoms. The number of aromatic nitrogens is 3. The summed E-state index contributed by atoms with van der Waals surface area (Å²) in [6.45, 7) is 3.87. The molecule has 0 aliphatic heterocycles. The molecule has 2 heterocycles. The van der Waals surface area contributed by atoms with Crippen molar-refractivity contribution in [2.75, 3.05) is 0 Å². The highest BCUT2D eigenvalue weighted by Gasteiger charge is 2.18. The summed E-state index contributed by atoms with van der Waals surface area (Å²) in [6.07, 6.45) is 6.07. The summed E-state index contributed by atoms with van der Waals surface area (Å²) in [7, 11) is -1.38. The lowest BCUT2D eigenvalue weighted by atomic mass is 10.0. The standard InChI is InChI=1S/C20H24N4O2S/c1-4-15(2)27(25,26)22-13-16-5-7-17(8-6-16)19-14-24(3)23-20(19)18-9-11-21-12-10-18/h5-12,14-15,22H,4,13H2,1-3H3. The van der Waals surface area contributed by atoms with Crippen LogP contribution in [0, 0.1) is 0 Å². The van der Waals surface area contributed by atoms with Crippen molar-refractivity contribution >= 4 is 10.0 Å². The fourth-order valence-corrected chi connectivity index (χ4v) is 3.86. The van der Waals surface area contributed by atoms with Gasteiger partial charge in [0.15, 0.2) is 0 Å². The third kappa shape index (κ3) is 4.43. The van der Waals surface area contributed by atoms with Gasteiger partial charge in [-0.25, -0.2) is 13.1 Å². The SMILES string of the molecule is CCC(C)S(=O)(=O)NCc1ccc(-c2cn(C)nc2-c2ccncc2)cc1. The number of nitrogens with zero attached hydrogens (tertiary/aromatic N) is 3. The first-order valence-corrected chi connectivity index (χ1v) is 10.5. The smallest absolute Gasteiger partial charge is 0.214 e. The second-order valence-corrected chi connectivity index (χ2v) is 8.77. The van der Waals surface area contributed by atoms with Crippen molar-refractivity contribution in [1.29, 1.82) is 0 Å². The van der Waals surface area contributed by atoms with E-state index in [2.05, 4.69) is 14.8 Å². The summed E-state index contributed by atoms with van der Waals surface area (Å²) in [5.74, 6) is 0. The second kappa shape index (κ2) is 8.02. The zero-order valence-electron chi connectivity index (χ0n) is 15.8. The Bertz CT molecular complexity index is 996. The Labute approximate surface area is 160 Å². The van der Waals surface area contributed by atoms with Crippen LogP contribution < -0.4 is 4.72 Å². The lowest BCUT2D eigenvalue weighted by Crippen LogP contribution is -2.31. The summed E-state index contributed by atoms with van der Waals surface area (Å²) in [4.78, 5) is 4.06. The molecule has 0 amide bonds. The van der Waals surface area contributed by atoms with Gasteiger partial charge in [0, 0.05) is 43.3 Å². The Morgan fingerprint density at radius 2 is 1.74 bits per heavy atom. The van der Waals surface area contributed by atoms with Crippen LogP contribution in [0.25, 0.3) is 22.4 Å². The van der Waals surface area contributed by atoms with Gasteiger partial charge in [-0.15, -0.1) is 0 Å². The Balaban J connectivity index is 1.81. The average Bonchev–Trinajstić information content (AvgIpc) is 3.08. The number of hydrogen-bond acceptors (Lipinski definition) is 4. The number of pyridine rings is 1. The van der Waals surface area contributed by atoms with Gasteiger partial charge >= 0.3 is 0 Å². The molecule has 6 nitrogen and oxygen atoms in total. The Morgan fingerprint density at radius 1 is 1.07 bits per heavy atom. The number of rotatable bonds is 7. The highest BCUT2D eigenvalue weighted by atomic mass is 32.2. The van der Waals surface area contributed by atoms with Crippen LogP contribution in [0.3, 0.4) is 0 Å². The van der Waals surface area contributed by atoms with E-state index in [0.29, 0.717) is 6.42 Å². The molecule has 0 saturated heterocycles. The quantitative estimate of drug-likeness (QED) is 0.678. The van der Waals surface area contributed by atoms with E-state index in [9.17, 15) is 8.42 Å². The number of benzene rings is 1. The van der Waals surface area contributed by atoms with Crippen LogP contribution in [0.2, 0.25) is 0 Å². The first kappa shape index (κ1) is 19.3. The number of sulfonamides is 1. The van der Waals surface area contributed by atoms with Gasteiger partial charge in [-0.05, 0) is 36.6 Å². The van der Waals surface area contributed by atoms with Gasteiger partial charge in [0.05, 0.1) is 5.25 Å². The molecule has 0 fully saturated rings. The van der Waals surface area contributed by atoms with Crippen LogP contribution in [0.1, 0.15) is 25.8 Å². The average molecular weight is 385 g/mol. The number of nitrogens with one attached hydrogen (secondary N) is 1. The minimum absolute atomic E-state index is 0.289. The Kier molecular flexibility index (Phi) is 5.72. The molecule has 3 aromatic rings. The van der Waals surface area contributed by atoms with Gasteiger partial charge in [-0.2, -0.15) is 5.10 Å². The third-order valence-electron chi connectivity index (χ3n) is 4.63. The van der Waals surface area contributed by atoms with Gasteiger partial charge in [-0.1, -0.05) is 31.2 Å². The molecule has 3 rings (SSSR count). The molecule has 7 heteroatoms. The maximum absolute atomic E-state index is 12.1. The highest BCUT2D eigenvalue weighted by Crippen LogP contribution is 2.30. The zero-order chi connectivity index (χ0) is 19.4. The van der Waals surface area contributed by atoms with E-state index < -0.39 is 15.3 Å². The van der Waals surface area contributed by atoms with Crippen molar-refractivity contribution in [3.63, 3.8) is 0 Å². The second-order valence-electron chi connectivity index (χ2n) is 6.58. The zero-order valence-corrected chi connectivity index (χ0v) is 16.6. The molecule has 0 radical (unpaired) electrons. The first-order valence-electron chi connectivity index (χ1n) is 8.92. The molecule has 0 saturated carbocycles. The van der Waals surface area contributed by atoms with Crippen molar-refractivity contribution in [2.45, 2.75) is 32.1 Å². The van der Waals surface area contributed by atoms with Gasteiger partial charge < -0.3 is 0 Å². The molecule has 0 bridgehead atoms. The van der Waals surface area contributed by atoms with Gasteiger partial charge in [-0.3, -0.25) is 9.67 Å². The van der Waals surface area contributed by atoms with E-state index in [1.807, 2.05) is 56.6 Å². The Morgan fingerprint density at radius 3 is 2.37 bits per heavy atom. The van der Waals surface area contributed by atoms with Crippen molar-refractivity contribution in [3.05, 3.63) is 60.6 Å². The third-order valence-corrected chi connectivity index (χ3v) is 6.57. The summed E-state index contributed by atoms with van der Waals surface area (Å²) in [5.41, 5.74) is 4.87. The van der Waals surface area contributed by atoms with E-state index in [1.54, 1.807) is 24.0 Å². The minimum atomic E-state index is -3.28. The largest absolute Gasteiger partial charge is 0.275 e. The molecule has 1 atom stereocenters. The monoisotopic (exact) mass is 384 g/mol. The fourth-order valence-electron chi connectivity index (χ4n) is 2.77. The summed E-state index contributed by atoms with van der Waals surface area (Å²) < 4.78 is 28.7. The van der Waals surface area contributed by atoms with Crippen LogP contribution in [0.15, 0.2) is 55.0 Å². The van der Waals surface area contributed by atoms with Crippen LogP contribution in [0.5, 0.6) is 0 Å². The van der Waals surface area contributed by atoms with Crippen LogP contribution in [-0.4, -0.2) is 28.4 Å². The molecule has 1 aromatic carbocycles. The topological polar surface area (TPSA) is 76.9 Å². The molecule has 1 unspecified atom stereocenters. The molecule has 1 N–H and O–H groups in total. The fraction of sp³-hybridized carbons (Fsp3) is 0.300. The lowest BCUT2D eigenvalue weighted by Gasteiger charge is -2.12. The molecule has 142 valence electrons. The maximum atomic E-state index is 12.1. The van der Waals surface area contributed by atoms with Crippen molar-refractivity contribution < 1.29 is 8.42 Å². The van der Waals surface area contributed by atoms with E-state index in [4.69, 9.17) is 0 Å². The number of hydrogen-bond donors (Lipinski definition) is 1. The van der Waals surface area contributed by atoms with Gasteiger partial charge in [0.2, 0.25) is 10.0 Å². The molecule has 0 spiro atoms. The van der Waals surface area contributed by atoms with Crippen LogP contribution in [-0.2, 0) is 23.6 Å². The van der Waals surface area contributed by atoms with Gasteiger partial charge in [0.1, 0.15) is 5.69 Å². The normalized spacial score (nSPS) is 12.9. The van der Waals surface area contributed by atoms with Crippen LogP contribution >= 0.6 is 0 Å². The van der Waals surface area contributed by atoms with Crippen molar-refractivity contribution in [3.8, 4) is 22.4 Å². The molecule has 0 aliphatic rings. The lowest BCUT2D eigenvalue weighted by molar-refractivity contribution is 0.565. The Hall–Kier alpha value is -2.51. The molecule has 2 aromatic heterocycles. The predicted octanol–water partition coefficient (Wildman–Crippen LogP) is 3.37. The highest BCUT2D eigenvalue weighted by molar-refractivity contribution is 7.90. The maximum Gasteiger partial charge on any atom is 0.214 e. The van der Waals surface area contributed by atoms with Crippen molar-refractivity contribution in [2.24, 2.45) is 7.05 Å². The van der Waals surface area contributed by atoms with E-state index >= 15 is 0 Å². The van der Waals surface area contributed by atoms with E-state index in [1.165, 1.54) is 0 Å². The predicted molar refractivity (Wildman–Crippen MR) is 107 cm³/mol. The summed E-state index contributed by atoms with van der Waals surface area (Å²) in [5, 5.41) is 4.18. The minimum Gasteiger partial charge on any atom is -0.275 e. The molecular weight excluding hydrogens is 360 g/mol. The first-order chi connectivity index (χ1) is 12.9. The summed E-state index contributed by atoms with van der Waals surface area (Å²) >= 11 is 0. The van der Waals surface area contributed by atoms with Gasteiger partial charge in [0.25, 0.3) is 0 Å². The number of aryl methyl sites for hydroxylation is 1. The molecular formula is C20H24N4O2S. The van der Waals surface area contributed by atoms with E-state index in [0.717, 1.165) is 27.9 Å². The summed E-state index contributed by atoms with van der Waals surface area (Å²) in [6, 6.07) is 11.7. The van der Waals surface area contributed by atoms with Crippen molar-refractivity contribution in [1.82, 2.24) is 19.5 Å².